The van der Waals surface area contributed by atoms with Crippen LogP contribution in [0, 0.1) is 11.6 Å². The summed E-state index contributed by atoms with van der Waals surface area (Å²) in [6, 6.07) is 10.6. The Balaban J connectivity index is 1.58. The molecule has 9 heteroatoms. The van der Waals surface area contributed by atoms with Gasteiger partial charge >= 0.3 is 0 Å². The number of aromatic nitrogens is 1. The van der Waals surface area contributed by atoms with Crippen molar-refractivity contribution in [3.8, 4) is 22.8 Å². The highest BCUT2D eigenvalue weighted by Crippen LogP contribution is 2.32. The summed E-state index contributed by atoms with van der Waals surface area (Å²) >= 11 is 0. The van der Waals surface area contributed by atoms with E-state index >= 15 is 0 Å². The highest BCUT2D eigenvalue weighted by Gasteiger charge is 2.24. The number of amides is 2. The summed E-state index contributed by atoms with van der Waals surface area (Å²) in [6.07, 6.45) is 0.862. The smallest absolute Gasteiger partial charge is 0.271 e. The zero-order chi connectivity index (χ0) is 22.0. The molecule has 2 heterocycles. The number of halogens is 2. The third-order valence-electron chi connectivity index (χ3n) is 5.22. The van der Waals surface area contributed by atoms with Crippen molar-refractivity contribution in [3.05, 3.63) is 65.4 Å². The largest absolute Gasteiger partial charge is 0.435 e. The van der Waals surface area contributed by atoms with E-state index < -0.39 is 23.1 Å². The monoisotopic (exact) mass is 426 g/mol. The number of nitrogens with zero attached hydrogens (tertiary/aromatic N) is 3. The number of primary amides is 1. The molecule has 160 valence electrons. The van der Waals surface area contributed by atoms with Gasteiger partial charge in [0.05, 0.1) is 0 Å². The molecule has 31 heavy (non-hydrogen) atoms. The second kappa shape index (κ2) is 8.65. The lowest BCUT2D eigenvalue weighted by molar-refractivity contribution is -0.119. The summed E-state index contributed by atoms with van der Waals surface area (Å²) in [7, 11) is 0. The van der Waals surface area contributed by atoms with Gasteiger partial charge in [-0.25, -0.2) is 13.8 Å². The van der Waals surface area contributed by atoms with Crippen LogP contribution < -0.4 is 5.73 Å². The molecule has 0 atom stereocenters. The molecule has 2 aromatic carbocycles. The predicted molar refractivity (Wildman–Crippen MR) is 109 cm³/mol. The Bertz CT molecular complexity index is 1090. The van der Waals surface area contributed by atoms with E-state index in [1.165, 1.54) is 6.07 Å². The maximum absolute atomic E-state index is 14.1. The SMILES string of the molecule is NC(=O)c1nc(-c2c(F)cccc2F)oc1-c1ccc(CN2CCN(C=O)CC2)cc1. The first-order valence-corrected chi connectivity index (χ1v) is 9.72. The van der Waals surface area contributed by atoms with Crippen molar-refractivity contribution < 1.29 is 22.8 Å². The van der Waals surface area contributed by atoms with Gasteiger partial charge in [0.15, 0.2) is 11.5 Å². The summed E-state index contributed by atoms with van der Waals surface area (Å²) in [5.41, 5.74) is 6.30. The van der Waals surface area contributed by atoms with Crippen molar-refractivity contribution in [2.45, 2.75) is 6.54 Å². The van der Waals surface area contributed by atoms with Crippen LogP contribution >= 0.6 is 0 Å². The summed E-state index contributed by atoms with van der Waals surface area (Å²) in [5, 5.41) is 0. The van der Waals surface area contributed by atoms with E-state index in [4.69, 9.17) is 10.2 Å². The van der Waals surface area contributed by atoms with Crippen LogP contribution in [0.3, 0.4) is 0 Å². The lowest BCUT2D eigenvalue weighted by atomic mass is 10.1. The number of piperazine rings is 1. The van der Waals surface area contributed by atoms with E-state index in [2.05, 4.69) is 9.88 Å². The van der Waals surface area contributed by atoms with Crippen molar-refractivity contribution in [2.24, 2.45) is 5.73 Å². The van der Waals surface area contributed by atoms with Crippen LogP contribution in [-0.4, -0.2) is 53.3 Å². The van der Waals surface area contributed by atoms with Crippen LogP contribution in [0.15, 0.2) is 46.9 Å². The second-order valence-corrected chi connectivity index (χ2v) is 7.27. The average molecular weight is 426 g/mol. The van der Waals surface area contributed by atoms with Crippen LogP contribution in [-0.2, 0) is 11.3 Å². The number of hydrogen-bond donors (Lipinski definition) is 1. The summed E-state index contributed by atoms with van der Waals surface area (Å²) in [5.74, 6) is -2.87. The maximum Gasteiger partial charge on any atom is 0.271 e. The van der Waals surface area contributed by atoms with Crippen LogP contribution in [0.4, 0.5) is 8.78 Å². The van der Waals surface area contributed by atoms with Crippen LogP contribution in [0.1, 0.15) is 16.1 Å². The number of carbonyl (C=O) groups is 2. The number of hydrogen-bond acceptors (Lipinski definition) is 5. The van der Waals surface area contributed by atoms with Crippen molar-refractivity contribution in [1.82, 2.24) is 14.8 Å². The van der Waals surface area contributed by atoms with Gasteiger partial charge in [-0.05, 0) is 17.7 Å². The standard InChI is InChI=1S/C22H20F2N4O3/c23-16-2-1-3-17(24)18(16)22-26-19(21(25)30)20(31-22)15-6-4-14(5-7-15)12-27-8-10-28(13-29)11-9-27/h1-7,13H,8-12H2,(H2,25,30). The van der Waals surface area contributed by atoms with E-state index in [1.807, 2.05) is 12.1 Å². The van der Waals surface area contributed by atoms with E-state index in [1.54, 1.807) is 17.0 Å². The number of oxazole rings is 1. The molecule has 2 amide bonds. The van der Waals surface area contributed by atoms with Gasteiger partial charge in [-0.3, -0.25) is 14.5 Å². The van der Waals surface area contributed by atoms with E-state index in [-0.39, 0.29) is 17.3 Å². The fraction of sp³-hybridized carbons (Fsp3) is 0.227. The Morgan fingerprint density at radius 3 is 2.29 bits per heavy atom. The average Bonchev–Trinajstić information content (AvgIpc) is 3.20. The topological polar surface area (TPSA) is 92.7 Å². The molecule has 0 radical (unpaired) electrons. The summed E-state index contributed by atoms with van der Waals surface area (Å²) < 4.78 is 33.8. The minimum atomic E-state index is -0.862. The van der Waals surface area contributed by atoms with Gasteiger partial charge in [-0.15, -0.1) is 0 Å². The molecule has 4 rings (SSSR count). The van der Waals surface area contributed by atoms with Crippen molar-refractivity contribution in [1.29, 1.82) is 0 Å². The molecule has 7 nitrogen and oxygen atoms in total. The Morgan fingerprint density at radius 1 is 1.06 bits per heavy atom. The van der Waals surface area contributed by atoms with Crippen LogP contribution in [0.25, 0.3) is 22.8 Å². The molecule has 1 aliphatic heterocycles. The van der Waals surface area contributed by atoms with Gasteiger partial charge in [-0.2, -0.15) is 0 Å². The van der Waals surface area contributed by atoms with Gasteiger partial charge in [0.25, 0.3) is 5.91 Å². The number of nitrogens with two attached hydrogens (primary N) is 1. The first-order valence-electron chi connectivity index (χ1n) is 9.72. The zero-order valence-electron chi connectivity index (χ0n) is 16.6. The van der Waals surface area contributed by atoms with Crippen molar-refractivity contribution in [2.75, 3.05) is 26.2 Å². The van der Waals surface area contributed by atoms with Crippen LogP contribution in [0.5, 0.6) is 0 Å². The minimum Gasteiger partial charge on any atom is -0.435 e. The lowest BCUT2D eigenvalue weighted by Gasteiger charge is -2.32. The predicted octanol–water partition coefficient (Wildman–Crippen LogP) is 2.66. The highest BCUT2D eigenvalue weighted by molar-refractivity contribution is 5.97. The molecule has 1 aromatic heterocycles. The second-order valence-electron chi connectivity index (χ2n) is 7.27. The van der Waals surface area contributed by atoms with Gasteiger partial charge in [0, 0.05) is 38.3 Å². The van der Waals surface area contributed by atoms with Gasteiger partial charge in [0.2, 0.25) is 12.3 Å². The summed E-state index contributed by atoms with van der Waals surface area (Å²) in [4.78, 5) is 30.6. The van der Waals surface area contributed by atoms with E-state index in [0.29, 0.717) is 25.2 Å². The lowest BCUT2D eigenvalue weighted by Crippen LogP contribution is -2.45. The molecule has 1 saturated heterocycles. The third kappa shape index (κ3) is 4.31. The summed E-state index contributed by atoms with van der Waals surface area (Å²) in [6.45, 7) is 3.66. The van der Waals surface area contributed by atoms with Crippen molar-refractivity contribution >= 4 is 12.3 Å². The van der Waals surface area contributed by atoms with Crippen LogP contribution in [0.2, 0.25) is 0 Å². The zero-order valence-corrected chi connectivity index (χ0v) is 16.6. The molecule has 1 aliphatic rings. The number of rotatable bonds is 6. The van der Waals surface area contributed by atoms with Gasteiger partial charge in [0.1, 0.15) is 17.2 Å². The molecular weight excluding hydrogens is 406 g/mol. The molecule has 3 aromatic rings. The Hall–Kier alpha value is -3.59. The molecular formula is C22H20F2N4O3. The molecule has 2 N–H and O–H groups in total. The molecule has 0 unspecified atom stereocenters. The normalized spacial score (nSPS) is 14.6. The van der Waals surface area contributed by atoms with E-state index in [9.17, 15) is 18.4 Å². The van der Waals surface area contributed by atoms with E-state index in [0.717, 1.165) is 37.2 Å². The fourth-order valence-corrected chi connectivity index (χ4v) is 3.54. The fourth-order valence-electron chi connectivity index (χ4n) is 3.54. The van der Waals surface area contributed by atoms with Crippen molar-refractivity contribution in [3.63, 3.8) is 0 Å². The number of benzene rings is 2. The molecule has 1 fully saturated rings. The highest BCUT2D eigenvalue weighted by atomic mass is 19.1. The number of carbonyl (C=O) groups excluding carboxylic acids is 2. The van der Waals surface area contributed by atoms with Gasteiger partial charge in [-0.1, -0.05) is 30.3 Å². The Morgan fingerprint density at radius 2 is 1.71 bits per heavy atom. The first-order chi connectivity index (χ1) is 15.0. The minimum absolute atomic E-state index is 0.0521. The molecule has 0 spiro atoms. The maximum atomic E-state index is 14.1. The third-order valence-corrected chi connectivity index (χ3v) is 5.22. The quantitative estimate of drug-likeness (QED) is 0.612. The molecule has 0 saturated carbocycles. The molecule has 0 aliphatic carbocycles. The first kappa shape index (κ1) is 20.7. The molecule has 0 bridgehead atoms. The van der Waals surface area contributed by atoms with Gasteiger partial charge < -0.3 is 15.1 Å². The Labute approximate surface area is 177 Å². The Kier molecular flexibility index (Phi) is 5.77.